The third-order valence-electron chi connectivity index (χ3n) is 4.42. The van der Waals surface area contributed by atoms with E-state index >= 15 is 0 Å². The lowest BCUT2D eigenvalue weighted by molar-refractivity contribution is 0.0906. The van der Waals surface area contributed by atoms with Crippen LogP contribution in [0.1, 0.15) is 48.8 Å². The molecule has 24 heavy (non-hydrogen) atoms. The van der Waals surface area contributed by atoms with Crippen LogP contribution in [0, 0.1) is 0 Å². The minimum Gasteiger partial charge on any atom is -0.342 e. The van der Waals surface area contributed by atoms with Crippen molar-refractivity contribution < 1.29 is 4.79 Å². The second-order valence-electron chi connectivity index (χ2n) is 6.65. The van der Waals surface area contributed by atoms with Gasteiger partial charge in [0.1, 0.15) is 0 Å². The number of rotatable bonds is 4. The zero-order valence-corrected chi connectivity index (χ0v) is 15.5. The molecule has 1 aromatic heterocycles. The summed E-state index contributed by atoms with van der Waals surface area (Å²) in [5.74, 6) is -0.205. The molecule has 2 N–H and O–H groups in total. The fourth-order valence-corrected chi connectivity index (χ4v) is 3.18. The van der Waals surface area contributed by atoms with Gasteiger partial charge in [0, 0.05) is 4.47 Å². The first-order valence-corrected chi connectivity index (χ1v) is 8.96. The van der Waals surface area contributed by atoms with Gasteiger partial charge in [-0.25, -0.2) is 4.68 Å². The number of benzene rings is 1. The van der Waals surface area contributed by atoms with Gasteiger partial charge in [-0.05, 0) is 57.5 Å². The molecule has 1 aliphatic heterocycles. The van der Waals surface area contributed by atoms with Crippen molar-refractivity contribution in [2.75, 3.05) is 13.1 Å². The van der Waals surface area contributed by atoms with Crippen LogP contribution in [-0.2, 0) is 5.54 Å². The van der Waals surface area contributed by atoms with E-state index in [-0.39, 0.29) is 5.91 Å². The fraction of sp³-hybridized carbons (Fsp3) is 0.471. The number of carbonyl (C=O) groups is 1. The summed E-state index contributed by atoms with van der Waals surface area (Å²) in [7, 11) is 0. The maximum atomic E-state index is 12.5. The molecule has 7 heteroatoms. The molecule has 0 saturated carbocycles. The molecular formula is C17H22BrN5O. The van der Waals surface area contributed by atoms with E-state index in [1.165, 1.54) is 0 Å². The predicted molar refractivity (Wildman–Crippen MR) is 95.8 cm³/mol. The van der Waals surface area contributed by atoms with E-state index in [0.29, 0.717) is 11.7 Å². The molecule has 1 aliphatic rings. The number of halogens is 1. The van der Waals surface area contributed by atoms with E-state index < -0.39 is 5.54 Å². The molecule has 3 rings (SSSR count). The van der Waals surface area contributed by atoms with Crippen LogP contribution >= 0.6 is 15.9 Å². The monoisotopic (exact) mass is 391 g/mol. The minimum atomic E-state index is -0.490. The maximum absolute atomic E-state index is 12.5. The van der Waals surface area contributed by atoms with Crippen molar-refractivity contribution in [2.45, 2.75) is 38.3 Å². The summed E-state index contributed by atoms with van der Waals surface area (Å²) in [5, 5.41) is 14.6. The molecule has 0 spiro atoms. The first kappa shape index (κ1) is 17.1. The van der Waals surface area contributed by atoms with Crippen LogP contribution in [0.15, 0.2) is 34.9 Å². The topological polar surface area (TPSA) is 71.8 Å². The quantitative estimate of drug-likeness (QED) is 0.839. The van der Waals surface area contributed by atoms with Crippen LogP contribution in [0.2, 0.25) is 0 Å². The van der Waals surface area contributed by atoms with Crippen molar-refractivity contribution in [3.05, 3.63) is 46.2 Å². The average Bonchev–Trinajstić information content (AvgIpc) is 3.06. The van der Waals surface area contributed by atoms with E-state index in [1.54, 1.807) is 6.20 Å². The standard InChI is InChI=1S/C17H22BrN5O/c1-17(2,12-3-5-13(18)6-4-12)20-16(24)15-11-23(22-21-15)14-7-9-19-10-8-14/h3-6,11,14,19H,7-10H2,1-2H3,(H,20,24). The third-order valence-corrected chi connectivity index (χ3v) is 4.95. The fourth-order valence-electron chi connectivity index (χ4n) is 2.92. The number of amides is 1. The molecule has 1 saturated heterocycles. The van der Waals surface area contributed by atoms with Gasteiger partial charge in [0.15, 0.2) is 5.69 Å². The van der Waals surface area contributed by atoms with Gasteiger partial charge in [0.05, 0.1) is 17.8 Å². The lowest BCUT2D eigenvalue weighted by Gasteiger charge is -2.26. The molecule has 0 unspecified atom stereocenters. The van der Waals surface area contributed by atoms with E-state index in [0.717, 1.165) is 36.0 Å². The van der Waals surface area contributed by atoms with Gasteiger partial charge in [0.25, 0.3) is 5.91 Å². The molecule has 1 amide bonds. The number of aromatic nitrogens is 3. The van der Waals surface area contributed by atoms with Crippen LogP contribution < -0.4 is 10.6 Å². The molecular weight excluding hydrogens is 370 g/mol. The zero-order chi connectivity index (χ0) is 17.2. The normalized spacial score (nSPS) is 16.1. The Balaban J connectivity index is 1.70. The molecule has 1 aromatic carbocycles. The molecule has 0 atom stereocenters. The van der Waals surface area contributed by atoms with Crippen molar-refractivity contribution >= 4 is 21.8 Å². The Labute approximate surface area is 150 Å². The Bertz CT molecular complexity index is 704. The van der Waals surface area contributed by atoms with Crippen molar-refractivity contribution in [1.82, 2.24) is 25.6 Å². The van der Waals surface area contributed by atoms with Gasteiger partial charge in [-0.1, -0.05) is 33.3 Å². The van der Waals surface area contributed by atoms with E-state index in [1.807, 2.05) is 42.8 Å². The van der Waals surface area contributed by atoms with Crippen LogP contribution in [0.25, 0.3) is 0 Å². The number of nitrogens with one attached hydrogen (secondary N) is 2. The van der Waals surface area contributed by atoms with Crippen molar-refractivity contribution in [2.24, 2.45) is 0 Å². The highest BCUT2D eigenvalue weighted by Crippen LogP contribution is 2.23. The first-order valence-electron chi connectivity index (χ1n) is 8.17. The third kappa shape index (κ3) is 3.84. The van der Waals surface area contributed by atoms with Crippen molar-refractivity contribution in [3.8, 4) is 0 Å². The van der Waals surface area contributed by atoms with Crippen LogP contribution in [0.4, 0.5) is 0 Å². The number of nitrogens with zero attached hydrogens (tertiary/aromatic N) is 3. The smallest absolute Gasteiger partial charge is 0.274 e. The van der Waals surface area contributed by atoms with E-state index in [2.05, 4.69) is 36.9 Å². The number of hydrogen-bond acceptors (Lipinski definition) is 4. The summed E-state index contributed by atoms with van der Waals surface area (Å²) in [5.41, 5.74) is 0.902. The van der Waals surface area contributed by atoms with Crippen molar-refractivity contribution in [1.29, 1.82) is 0 Å². The Morgan fingerprint density at radius 3 is 2.62 bits per heavy atom. The molecule has 0 radical (unpaired) electrons. The molecule has 2 heterocycles. The Hall–Kier alpha value is -1.73. The highest BCUT2D eigenvalue weighted by Gasteiger charge is 2.25. The number of hydrogen-bond donors (Lipinski definition) is 2. The van der Waals surface area contributed by atoms with E-state index in [9.17, 15) is 4.79 Å². The first-order chi connectivity index (χ1) is 11.5. The number of piperidine rings is 1. The van der Waals surface area contributed by atoms with Gasteiger partial charge >= 0.3 is 0 Å². The Morgan fingerprint density at radius 1 is 1.29 bits per heavy atom. The van der Waals surface area contributed by atoms with Crippen LogP contribution in [0.5, 0.6) is 0 Å². The molecule has 1 fully saturated rings. The van der Waals surface area contributed by atoms with Gasteiger partial charge in [-0.3, -0.25) is 4.79 Å². The second kappa shape index (κ2) is 7.03. The van der Waals surface area contributed by atoms with Crippen LogP contribution in [0.3, 0.4) is 0 Å². The summed E-state index contributed by atoms with van der Waals surface area (Å²) >= 11 is 3.43. The molecule has 2 aromatic rings. The second-order valence-corrected chi connectivity index (χ2v) is 7.57. The largest absolute Gasteiger partial charge is 0.342 e. The highest BCUT2D eigenvalue weighted by molar-refractivity contribution is 9.10. The zero-order valence-electron chi connectivity index (χ0n) is 13.9. The van der Waals surface area contributed by atoms with E-state index in [4.69, 9.17) is 0 Å². The predicted octanol–water partition coefficient (Wildman–Crippen LogP) is 2.63. The number of carbonyl (C=O) groups excluding carboxylic acids is 1. The SMILES string of the molecule is CC(C)(NC(=O)c1cn(C2CCNCC2)nn1)c1ccc(Br)cc1. The average molecular weight is 392 g/mol. The highest BCUT2D eigenvalue weighted by atomic mass is 79.9. The Kier molecular flexibility index (Phi) is 5.01. The van der Waals surface area contributed by atoms with Gasteiger partial charge in [-0.15, -0.1) is 5.10 Å². The van der Waals surface area contributed by atoms with Crippen molar-refractivity contribution in [3.63, 3.8) is 0 Å². The lowest BCUT2D eigenvalue weighted by atomic mass is 9.94. The summed E-state index contributed by atoms with van der Waals surface area (Å²) in [6.07, 6.45) is 3.77. The lowest BCUT2D eigenvalue weighted by Crippen LogP contribution is -2.41. The summed E-state index contributed by atoms with van der Waals surface area (Å²) < 4.78 is 2.83. The Morgan fingerprint density at radius 2 is 1.96 bits per heavy atom. The summed E-state index contributed by atoms with van der Waals surface area (Å²) in [6.45, 7) is 5.90. The van der Waals surface area contributed by atoms with Gasteiger partial charge < -0.3 is 10.6 Å². The van der Waals surface area contributed by atoms with Gasteiger partial charge in [-0.2, -0.15) is 0 Å². The molecule has 128 valence electrons. The molecule has 0 aliphatic carbocycles. The van der Waals surface area contributed by atoms with Crippen LogP contribution in [-0.4, -0.2) is 34.0 Å². The molecule has 6 nitrogen and oxygen atoms in total. The minimum absolute atomic E-state index is 0.205. The maximum Gasteiger partial charge on any atom is 0.274 e. The van der Waals surface area contributed by atoms with Gasteiger partial charge in [0.2, 0.25) is 0 Å². The molecule has 0 bridgehead atoms. The summed E-state index contributed by atoms with van der Waals surface area (Å²) in [6, 6.07) is 8.25. The summed E-state index contributed by atoms with van der Waals surface area (Å²) in [4.78, 5) is 12.5.